The van der Waals surface area contributed by atoms with Crippen LogP contribution in [0.25, 0.3) is 21.8 Å². The van der Waals surface area contributed by atoms with Gasteiger partial charge < -0.3 is 42.6 Å². The molecule has 0 bridgehead atoms. The maximum atomic E-state index is 13.5. The van der Waals surface area contributed by atoms with E-state index in [-0.39, 0.29) is 36.6 Å². The van der Waals surface area contributed by atoms with E-state index in [0.29, 0.717) is 64.9 Å². The molecular formula is C51H60Cl4N6O7. The van der Waals surface area contributed by atoms with Crippen LogP contribution in [-0.4, -0.2) is 105 Å². The number of piperidine rings is 2. The number of methoxy groups -OCH3 is 3. The molecule has 0 aliphatic carbocycles. The van der Waals surface area contributed by atoms with E-state index in [9.17, 15) is 9.59 Å². The lowest BCUT2D eigenvalue weighted by molar-refractivity contribution is 0.0990. The minimum absolute atomic E-state index is 0. The van der Waals surface area contributed by atoms with Gasteiger partial charge in [-0.25, -0.2) is 0 Å². The predicted octanol–water partition coefficient (Wildman–Crippen LogP) is 10.6. The molecule has 68 heavy (non-hydrogen) atoms. The molecule has 2 saturated heterocycles. The van der Waals surface area contributed by atoms with Gasteiger partial charge in [-0.15, -0.1) is 24.8 Å². The molecule has 0 saturated carbocycles. The van der Waals surface area contributed by atoms with E-state index in [1.54, 1.807) is 37.2 Å². The number of hydrogen-bond acceptors (Lipinski definition) is 9. The highest BCUT2D eigenvalue weighted by Crippen LogP contribution is 2.42. The Morgan fingerprint density at radius 1 is 0.515 bits per heavy atom. The Bertz CT molecular complexity index is 2780. The molecule has 10 rings (SSSR count). The minimum atomic E-state index is -0.0570. The molecule has 0 spiro atoms. The van der Waals surface area contributed by atoms with Crippen LogP contribution in [0.5, 0.6) is 28.7 Å². The summed E-state index contributed by atoms with van der Waals surface area (Å²) < 4.78 is 32.8. The van der Waals surface area contributed by atoms with Gasteiger partial charge in [0.15, 0.2) is 23.0 Å². The summed E-state index contributed by atoms with van der Waals surface area (Å²) in [5.74, 6) is 3.34. The van der Waals surface area contributed by atoms with Gasteiger partial charge >= 0.3 is 0 Å². The summed E-state index contributed by atoms with van der Waals surface area (Å²) in [6.45, 7) is 8.48. The molecule has 0 N–H and O–H groups in total. The van der Waals surface area contributed by atoms with Crippen molar-refractivity contribution in [2.45, 2.75) is 51.6 Å². The van der Waals surface area contributed by atoms with Crippen molar-refractivity contribution in [3.05, 3.63) is 99.3 Å². The molecule has 4 aliphatic heterocycles. The van der Waals surface area contributed by atoms with Crippen LogP contribution in [0.3, 0.4) is 0 Å². The van der Waals surface area contributed by atoms with Gasteiger partial charge in [0.05, 0.1) is 72.5 Å². The zero-order chi connectivity index (χ0) is 46.1. The van der Waals surface area contributed by atoms with E-state index in [1.807, 2.05) is 79.3 Å². The lowest BCUT2D eigenvalue weighted by Crippen LogP contribution is -2.33. The molecule has 2 amide bonds. The Morgan fingerprint density at radius 3 is 1.44 bits per heavy atom. The second kappa shape index (κ2) is 22.2. The third kappa shape index (κ3) is 10.0. The number of ether oxygens (including phenoxy) is 5. The van der Waals surface area contributed by atoms with Crippen molar-refractivity contribution in [1.82, 2.24) is 18.9 Å². The van der Waals surface area contributed by atoms with Crippen LogP contribution in [0.15, 0.2) is 66.7 Å². The van der Waals surface area contributed by atoms with Crippen LogP contribution in [0.4, 0.5) is 11.4 Å². The van der Waals surface area contributed by atoms with E-state index >= 15 is 0 Å². The van der Waals surface area contributed by atoms with Crippen molar-refractivity contribution >= 4 is 93.0 Å². The van der Waals surface area contributed by atoms with Crippen LogP contribution < -0.4 is 33.5 Å². The number of benzene rings is 4. The SMILES string of the molecule is COc1ccc(N2Cc3c(c4cc(Cl)c(Cl)cc4n3C)C2=O)cc1OCCN1CCCCC1.COc1ccc2c(c1)c1c(n2C)CN(c2ccc(OC)c(OCCN3CCCCC3)c2)C1=O.Cl.Cl. The Kier molecular flexibility index (Phi) is 16.6. The van der Waals surface area contributed by atoms with Crippen molar-refractivity contribution < 1.29 is 33.3 Å². The number of rotatable bonds is 13. The van der Waals surface area contributed by atoms with Gasteiger partial charge in [-0.05, 0) is 106 Å². The number of aromatic nitrogens is 2. The first kappa shape index (κ1) is 50.8. The molecule has 0 unspecified atom stereocenters. The van der Waals surface area contributed by atoms with E-state index in [0.717, 1.165) is 95.1 Å². The number of anilines is 2. The molecular weight excluding hydrogens is 950 g/mol. The van der Waals surface area contributed by atoms with Crippen LogP contribution in [-0.2, 0) is 27.2 Å². The Balaban J connectivity index is 0.000000196. The maximum Gasteiger partial charge on any atom is 0.261 e. The number of nitrogens with zero attached hydrogens (tertiary/aromatic N) is 6. The summed E-state index contributed by atoms with van der Waals surface area (Å²) in [7, 11) is 8.87. The average molecular weight is 1010 g/mol. The molecule has 364 valence electrons. The maximum absolute atomic E-state index is 13.5. The summed E-state index contributed by atoms with van der Waals surface area (Å²) in [6.07, 6.45) is 7.66. The minimum Gasteiger partial charge on any atom is -0.497 e. The Morgan fingerprint density at radius 2 is 0.971 bits per heavy atom. The van der Waals surface area contributed by atoms with Crippen molar-refractivity contribution in [2.75, 3.05) is 83.6 Å². The molecule has 4 aromatic carbocycles. The summed E-state index contributed by atoms with van der Waals surface area (Å²) in [6, 6.07) is 20.8. The first-order valence-corrected chi connectivity index (χ1v) is 23.7. The fraction of sp³-hybridized carbons (Fsp3) is 0.412. The van der Waals surface area contributed by atoms with Gasteiger partial charge in [0.1, 0.15) is 19.0 Å². The normalized spacial score (nSPS) is 15.9. The number of hydrogen-bond donors (Lipinski definition) is 0. The van der Waals surface area contributed by atoms with E-state index in [1.165, 1.54) is 38.5 Å². The van der Waals surface area contributed by atoms with Gasteiger partial charge in [0.2, 0.25) is 0 Å². The highest BCUT2D eigenvalue weighted by atomic mass is 35.5. The van der Waals surface area contributed by atoms with Gasteiger partial charge in [-0.3, -0.25) is 19.4 Å². The van der Waals surface area contributed by atoms with Crippen molar-refractivity contribution in [3.8, 4) is 28.7 Å². The number of amides is 2. The number of likely N-dealkylation sites (tertiary alicyclic amines) is 2. The zero-order valence-electron chi connectivity index (χ0n) is 39.3. The van der Waals surface area contributed by atoms with Crippen molar-refractivity contribution in [2.24, 2.45) is 14.1 Å². The lowest BCUT2D eigenvalue weighted by atomic mass is 10.1. The second-order valence-corrected chi connectivity index (χ2v) is 18.2. The van der Waals surface area contributed by atoms with Gasteiger partial charge in [-0.1, -0.05) is 36.0 Å². The van der Waals surface area contributed by atoms with E-state index < -0.39 is 0 Å². The molecule has 17 heteroatoms. The fourth-order valence-corrected chi connectivity index (χ4v) is 10.2. The summed E-state index contributed by atoms with van der Waals surface area (Å²) in [4.78, 5) is 35.4. The topological polar surface area (TPSA) is 103 Å². The smallest absolute Gasteiger partial charge is 0.261 e. The van der Waals surface area contributed by atoms with E-state index in [2.05, 4.69) is 14.4 Å². The average Bonchev–Trinajstić information content (AvgIpc) is 4.04. The zero-order valence-corrected chi connectivity index (χ0v) is 42.4. The number of carbonyl (C=O) groups is 2. The number of fused-ring (bicyclic) bond motifs is 6. The molecule has 6 aromatic rings. The van der Waals surface area contributed by atoms with Crippen LogP contribution in [0, 0.1) is 0 Å². The van der Waals surface area contributed by atoms with Gasteiger partial charge in [0, 0.05) is 67.0 Å². The summed E-state index contributed by atoms with van der Waals surface area (Å²) >= 11 is 12.5. The monoisotopic (exact) mass is 1010 g/mol. The summed E-state index contributed by atoms with van der Waals surface area (Å²) in [5, 5.41) is 2.67. The number of halogens is 4. The predicted molar refractivity (Wildman–Crippen MR) is 275 cm³/mol. The molecule has 2 aromatic heterocycles. The third-order valence-corrected chi connectivity index (χ3v) is 14.3. The highest BCUT2D eigenvalue weighted by molar-refractivity contribution is 6.43. The fourth-order valence-electron chi connectivity index (χ4n) is 9.89. The summed E-state index contributed by atoms with van der Waals surface area (Å²) in [5.41, 5.74) is 6.89. The molecule has 4 aliphatic rings. The van der Waals surface area contributed by atoms with Crippen molar-refractivity contribution in [3.63, 3.8) is 0 Å². The van der Waals surface area contributed by atoms with Gasteiger partial charge in [0.25, 0.3) is 11.8 Å². The Hall–Kier alpha value is -5.02. The number of aryl methyl sites for hydroxylation is 2. The van der Waals surface area contributed by atoms with Crippen LogP contribution in [0.1, 0.15) is 70.6 Å². The first-order valence-electron chi connectivity index (χ1n) is 22.9. The molecule has 0 atom stereocenters. The molecule has 13 nitrogen and oxygen atoms in total. The second-order valence-electron chi connectivity index (χ2n) is 17.4. The quantitative estimate of drug-likeness (QED) is 0.112. The molecule has 0 radical (unpaired) electrons. The van der Waals surface area contributed by atoms with Crippen LogP contribution in [0.2, 0.25) is 10.0 Å². The Labute approximate surface area is 420 Å². The lowest BCUT2D eigenvalue weighted by Gasteiger charge is -2.26. The third-order valence-electron chi connectivity index (χ3n) is 13.6. The standard InChI is InChI=1S/C26H31N3O4.C25H27Cl2N3O3.2ClH/c1-27-21-9-8-19(31-2)16-20(21)25-22(27)17-29(26(25)30)18-7-10-23(32-3)24(15-18)33-14-13-28-11-5-4-6-12-28;1-28-20-14-19(27)18(26)13-17(20)24-21(28)15-30(25(24)31)16-6-7-22(32-2)23(12-16)33-11-10-29-8-4-3-5-9-29;;/h7-10,15-16H,4-6,11-14,17H2,1-3H3;6-7,12-14H,3-5,8-11,15H2,1-2H3;2*1H. The molecule has 6 heterocycles. The largest absolute Gasteiger partial charge is 0.497 e. The number of carbonyl (C=O) groups excluding carboxylic acids is 2. The highest BCUT2D eigenvalue weighted by Gasteiger charge is 2.36. The van der Waals surface area contributed by atoms with E-state index in [4.69, 9.17) is 46.9 Å². The molecule has 2 fully saturated rings. The first-order chi connectivity index (χ1) is 32.1. The van der Waals surface area contributed by atoms with Gasteiger partial charge in [-0.2, -0.15) is 0 Å². The van der Waals surface area contributed by atoms with Crippen LogP contribution >= 0.6 is 48.0 Å². The van der Waals surface area contributed by atoms with Crippen molar-refractivity contribution in [1.29, 1.82) is 0 Å².